The van der Waals surface area contributed by atoms with Crippen molar-refractivity contribution in [2.75, 3.05) is 0 Å². The van der Waals surface area contributed by atoms with Crippen LogP contribution in [0.2, 0.25) is 0 Å². The Morgan fingerprint density at radius 1 is 1.40 bits per heavy atom. The van der Waals surface area contributed by atoms with Crippen molar-refractivity contribution >= 4 is 16.0 Å². The third-order valence-electron chi connectivity index (χ3n) is 1.39. The first-order valence-electron chi connectivity index (χ1n) is 4.53. The minimum Gasteiger partial charge on any atom is -0.409 e. The summed E-state index contributed by atoms with van der Waals surface area (Å²) in [6.07, 6.45) is 0.148. The predicted octanol–water partition coefficient (Wildman–Crippen LogP) is -0.656. The maximum Gasteiger partial charge on any atom is 0.277 e. The summed E-state index contributed by atoms with van der Waals surface area (Å²) < 4.78 is 27.4. The third-order valence-corrected chi connectivity index (χ3v) is 2.89. The van der Waals surface area contributed by atoms with Gasteiger partial charge in [0.25, 0.3) is 10.2 Å². The molecule has 0 spiro atoms. The first-order valence-corrected chi connectivity index (χ1v) is 6.01. The lowest BCUT2D eigenvalue weighted by atomic mass is 10.2. The van der Waals surface area contributed by atoms with Crippen molar-refractivity contribution in [2.24, 2.45) is 10.9 Å². The first kappa shape index (κ1) is 14.1. The maximum atomic E-state index is 11.4. The Morgan fingerprint density at radius 2 is 1.93 bits per heavy atom. The van der Waals surface area contributed by atoms with E-state index in [4.69, 9.17) is 10.9 Å². The average Bonchev–Trinajstić information content (AvgIpc) is 1.99. The van der Waals surface area contributed by atoms with E-state index in [1.165, 1.54) is 0 Å². The first-order chi connectivity index (χ1) is 6.76. The standard InChI is InChI=1S/C7H18N4O3S/c1-5(2)10-15(13,14)11-6(3)4-7(8)9-12/h5-6,10-12H,4H2,1-3H3,(H2,8,9). The fraction of sp³-hybridized carbons (Fsp3) is 0.857. The number of oxime groups is 1. The molecule has 90 valence electrons. The molecule has 0 saturated heterocycles. The molecule has 0 aromatic rings. The number of nitrogens with two attached hydrogens (primary N) is 1. The maximum absolute atomic E-state index is 11.4. The molecule has 0 amide bonds. The minimum absolute atomic E-state index is 0.0188. The summed E-state index contributed by atoms with van der Waals surface area (Å²) in [5.41, 5.74) is 5.24. The lowest BCUT2D eigenvalue weighted by molar-refractivity contribution is 0.316. The van der Waals surface area contributed by atoms with Crippen LogP contribution in [0, 0.1) is 0 Å². The molecule has 0 aliphatic heterocycles. The van der Waals surface area contributed by atoms with E-state index in [1.807, 2.05) is 0 Å². The lowest BCUT2D eigenvalue weighted by Gasteiger charge is -2.15. The average molecular weight is 238 g/mol. The van der Waals surface area contributed by atoms with Crippen molar-refractivity contribution < 1.29 is 13.6 Å². The number of hydrogen-bond donors (Lipinski definition) is 4. The zero-order chi connectivity index (χ0) is 12.1. The molecule has 1 atom stereocenters. The van der Waals surface area contributed by atoms with Gasteiger partial charge in [0.05, 0.1) is 0 Å². The lowest BCUT2D eigenvalue weighted by Crippen LogP contribution is -2.45. The Kier molecular flexibility index (Phi) is 5.55. The highest BCUT2D eigenvalue weighted by molar-refractivity contribution is 7.87. The Balaban J connectivity index is 4.22. The Morgan fingerprint density at radius 3 is 2.33 bits per heavy atom. The van der Waals surface area contributed by atoms with Crippen LogP contribution in [0.3, 0.4) is 0 Å². The molecule has 0 aliphatic rings. The molecular formula is C7H18N4O3S. The van der Waals surface area contributed by atoms with E-state index < -0.39 is 16.3 Å². The summed E-state index contributed by atoms with van der Waals surface area (Å²) >= 11 is 0. The number of nitrogens with one attached hydrogen (secondary N) is 2. The molecule has 0 fully saturated rings. The number of amidine groups is 1. The van der Waals surface area contributed by atoms with Gasteiger partial charge in [-0.25, -0.2) is 0 Å². The summed E-state index contributed by atoms with van der Waals surface area (Å²) in [5, 5.41) is 11.1. The molecule has 0 bridgehead atoms. The monoisotopic (exact) mass is 238 g/mol. The second kappa shape index (κ2) is 5.89. The van der Waals surface area contributed by atoms with E-state index in [0.29, 0.717) is 0 Å². The van der Waals surface area contributed by atoms with E-state index >= 15 is 0 Å². The molecule has 0 aromatic heterocycles. The normalized spacial score (nSPS) is 15.6. The van der Waals surface area contributed by atoms with Crippen LogP contribution in [-0.4, -0.2) is 31.5 Å². The molecule has 5 N–H and O–H groups in total. The van der Waals surface area contributed by atoms with Crippen molar-refractivity contribution in [1.29, 1.82) is 0 Å². The highest BCUT2D eigenvalue weighted by Gasteiger charge is 2.15. The molecule has 0 saturated carbocycles. The molecule has 0 aromatic carbocycles. The molecule has 8 heteroatoms. The van der Waals surface area contributed by atoms with E-state index in [1.54, 1.807) is 20.8 Å². The Hall–Kier alpha value is -0.860. The topological polar surface area (TPSA) is 117 Å². The molecule has 7 nitrogen and oxygen atoms in total. The van der Waals surface area contributed by atoms with Crippen molar-refractivity contribution in [3.63, 3.8) is 0 Å². The largest absolute Gasteiger partial charge is 0.409 e. The van der Waals surface area contributed by atoms with Gasteiger partial charge in [0.15, 0.2) is 0 Å². The van der Waals surface area contributed by atoms with E-state index in [2.05, 4.69) is 14.6 Å². The molecule has 0 aliphatic carbocycles. The van der Waals surface area contributed by atoms with Gasteiger partial charge in [-0.2, -0.15) is 17.9 Å². The molecular weight excluding hydrogens is 220 g/mol. The smallest absolute Gasteiger partial charge is 0.277 e. The Labute approximate surface area is 89.9 Å². The van der Waals surface area contributed by atoms with Crippen LogP contribution in [0.15, 0.2) is 5.16 Å². The summed E-state index contributed by atoms with van der Waals surface area (Å²) in [6, 6.07) is -0.615. The fourth-order valence-corrected chi connectivity index (χ4v) is 2.31. The van der Waals surface area contributed by atoms with Crippen molar-refractivity contribution in [2.45, 2.75) is 39.3 Å². The molecule has 1 unspecified atom stereocenters. The highest BCUT2D eigenvalue weighted by atomic mass is 32.2. The molecule has 15 heavy (non-hydrogen) atoms. The van der Waals surface area contributed by atoms with Gasteiger partial charge in [0.2, 0.25) is 0 Å². The van der Waals surface area contributed by atoms with Gasteiger partial charge in [-0.3, -0.25) is 0 Å². The zero-order valence-corrected chi connectivity index (χ0v) is 9.87. The van der Waals surface area contributed by atoms with Crippen LogP contribution < -0.4 is 15.2 Å². The van der Waals surface area contributed by atoms with Crippen LogP contribution in [0.5, 0.6) is 0 Å². The SMILES string of the molecule is CC(C)NS(=O)(=O)NC(C)CC(N)=NO. The van der Waals surface area contributed by atoms with Gasteiger partial charge in [-0.15, -0.1) is 0 Å². The summed E-state index contributed by atoms with van der Waals surface area (Å²) in [7, 11) is -3.53. The number of rotatable bonds is 6. The summed E-state index contributed by atoms with van der Waals surface area (Å²) in [4.78, 5) is 0. The second-order valence-electron chi connectivity index (χ2n) is 3.59. The summed E-state index contributed by atoms with van der Waals surface area (Å²) in [5.74, 6) is -0.0188. The van der Waals surface area contributed by atoms with Crippen LogP contribution in [0.25, 0.3) is 0 Å². The van der Waals surface area contributed by atoms with Gasteiger partial charge < -0.3 is 10.9 Å². The second-order valence-corrected chi connectivity index (χ2v) is 5.07. The Bertz CT molecular complexity index is 312. The number of hydrogen-bond acceptors (Lipinski definition) is 4. The quantitative estimate of drug-likeness (QED) is 0.213. The van der Waals surface area contributed by atoms with E-state index in [0.717, 1.165) is 0 Å². The summed E-state index contributed by atoms with van der Waals surface area (Å²) in [6.45, 7) is 5.05. The predicted molar refractivity (Wildman–Crippen MR) is 57.8 cm³/mol. The molecule has 0 radical (unpaired) electrons. The van der Waals surface area contributed by atoms with Crippen LogP contribution in [-0.2, 0) is 10.2 Å². The van der Waals surface area contributed by atoms with Gasteiger partial charge in [0.1, 0.15) is 5.84 Å². The van der Waals surface area contributed by atoms with Crippen molar-refractivity contribution in [3.8, 4) is 0 Å². The van der Waals surface area contributed by atoms with Gasteiger partial charge in [0, 0.05) is 18.5 Å². The number of nitrogens with zero attached hydrogens (tertiary/aromatic N) is 1. The van der Waals surface area contributed by atoms with Crippen LogP contribution >= 0.6 is 0 Å². The van der Waals surface area contributed by atoms with Crippen molar-refractivity contribution in [3.05, 3.63) is 0 Å². The minimum atomic E-state index is -3.53. The highest BCUT2D eigenvalue weighted by Crippen LogP contribution is 1.94. The fourth-order valence-electron chi connectivity index (χ4n) is 1.01. The van der Waals surface area contributed by atoms with Gasteiger partial charge in [-0.05, 0) is 20.8 Å². The van der Waals surface area contributed by atoms with Crippen LogP contribution in [0.1, 0.15) is 27.2 Å². The van der Waals surface area contributed by atoms with Crippen LogP contribution in [0.4, 0.5) is 0 Å². The van der Waals surface area contributed by atoms with E-state index in [-0.39, 0.29) is 18.3 Å². The third kappa shape index (κ3) is 7.11. The molecule has 0 heterocycles. The van der Waals surface area contributed by atoms with E-state index in [9.17, 15) is 8.42 Å². The zero-order valence-electron chi connectivity index (χ0n) is 9.06. The van der Waals surface area contributed by atoms with Gasteiger partial charge >= 0.3 is 0 Å². The molecule has 0 rings (SSSR count). The van der Waals surface area contributed by atoms with Gasteiger partial charge in [-0.1, -0.05) is 5.16 Å². The van der Waals surface area contributed by atoms with Crippen molar-refractivity contribution in [1.82, 2.24) is 9.44 Å².